The van der Waals surface area contributed by atoms with E-state index < -0.39 is 0 Å². The summed E-state index contributed by atoms with van der Waals surface area (Å²) in [4.78, 5) is 12.9. The van der Waals surface area contributed by atoms with E-state index in [9.17, 15) is 10.1 Å². The van der Waals surface area contributed by atoms with Gasteiger partial charge in [-0.1, -0.05) is 15.9 Å². The number of rotatable bonds is 4. The highest BCUT2D eigenvalue weighted by Crippen LogP contribution is 2.35. The highest BCUT2D eigenvalue weighted by atomic mass is 79.9. The molecule has 1 atom stereocenters. The lowest BCUT2D eigenvalue weighted by atomic mass is 10.2. The highest BCUT2D eigenvalue weighted by Gasteiger charge is 2.29. The lowest BCUT2D eigenvalue weighted by Gasteiger charge is -2.25. The fraction of sp³-hybridized carbons (Fsp3) is 0.500. The lowest BCUT2D eigenvalue weighted by molar-refractivity contribution is -0.384. The molecule has 1 aliphatic rings. The fourth-order valence-electron chi connectivity index (χ4n) is 2.40. The van der Waals surface area contributed by atoms with Gasteiger partial charge in [-0.2, -0.15) is 0 Å². The Morgan fingerprint density at radius 3 is 3.06 bits per heavy atom. The van der Waals surface area contributed by atoms with Gasteiger partial charge in [0.05, 0.1) is 17.6 Å². The van der Waals surface area contributed by atoms with Gasteiger partial charge in [-0.3, -0.25) is 10.1 Å². The minimum atomic E-state index is -0.331. The molecule has 0 aromatic heterocycles. The van der Waals surface area contributed by atoms with Crippen LogP contribution < -0.4 is 4.90 Å². The molecule has 1 fully saturated rings. The Kier molecular flexibility index (Phi) is 4.19. The van der Waals surface area contributed by atoms with Crippen LogP contribution in [0.3, 0.4) is 0 Å². The third kappa shape index (κ3) is 2.64. The van der Waals surface area contributed by atoms with Crippen LogP contribution in [0.15, 0.2) is 22.7 Å². The zero-order valence-corrected chi connectivity index (χ0v) is 11.7. The van der Waals surface area contributed by atoms with Gasteiger partial charge in [-0.05, 0) is 25.0 Å². The molecule has 1 heterocycles. The normalized spacial score (nSPS) is 19.2. The zero-order chi connectivity index (χ0) is 13.1. The molecular weight excluding hydrogens is 300 g/mol. The molecule has 2 rings (SSSR count). The summed E-state index contributed by atoms with van der Waals surface area (Å²) in [7, 11) is 1.66. The Morgan fingerprint density at radius 2 is 2.39 bits per heavy atom. The van der Waals surface area contributed by atoms with Gasteiger partial charge < -0.3 is 9.64 Å². The molecule has 1 aromatic carbocycles. The van der Waals surface area contributed by atoms with Crippen molar-refractivity contribution >= 4 is 27.3 Å². The lowest BCUT2D eigenvalue weighted by Crippen LogP contribution is -2.33. The Labute approximate surface area is 114 Å². The van der Waals surface area contributed by atoms with E-state index in [0.717, 1.165) is 23.9 Å². The molecule has 0 N–H and O–H groups in total. The van der Waals surface area contributed by atoms with E-state index in [4.69, 9.17) is 4.74 Å². The quantitative estimate of drug-likeness (QED) is 0.633. The van der Waals surface area contributed by atoms with E-state index in [2.05, 4.69) is 20.8 Å². The monoisotopic (exact) mass is 314 g/mol. The summed E-state index contributed by atoms with van der Waals surface area (Å²) in [5, 5.41) is 11.1. The van der Waals surface area contributed by atoms with Crippen molar-refractivity contribution in [2.75, 3.05) is 25.2 Å². The van der Waals surface area contributed by atoms with Crippen LogP contribution in [-0.2, 0) is 4.74 Å². The average molecular weight is 315 g/mol. The maximum Gasteiger partial charge on any atom is 0.293 e. The van der Waals surface area contributed by atoms with E-state index in [-0.39, 0.29) is 16.7 Å². The van der Waals surface area contributed by atoms with Gasteiger partial charge >= 0.3 is 0 Å². The van der Waals surface area contributed by atoms with Gasteiger partial charge in [0, 0.05) is 24.2 Å². The van der Waals surface area contributed by atoms with Crippen LogP contribution in [0.4, 0.5) is 11.4 Å². The van der Waals surface area contributed by atoms with Crippen LogP contribution >= 0.6 is 15.9 Å². The number of halogens is 1. The predicted molar refractivity (Wildman–Crippen MR) is 73.0 cm³/mol. The third-order valence-electron chi connectivity index (χ3n) is 3.18. The van der Waals surface area contributed by atoms with E-state index in [1.807, 2.05) is 6.07 Å². The molecule has 6 heteroatoms. The molecule has 0 radical (unpaired) electrons. The molecule has 1 aromatic rings. The average Bonchev–Trinajstić information content (AvgIpc) is 2.77. The Bertz CT molecular complexity index is 453. The summed E-state index contributed by atoms with van der Waals surface area (Å²) in [6.45, 7) is 1.45. The molecule has 0 spiro atoms. The topological polar surface area (TPSA) is 55.6 Å². The van der Waals surface area contributed by atoms with Crippen molar-refractivity contribution < 1.29 is 9.66 Å². The van der Waals surface area contributed by atoms with E-state index >= 15 is 0 Å². The Balaban J connectivity index is 2.34. The van der Waals surface area contributed by atoms with E-state index in [1.165, 1.54) is 0 Å². The molecule has 0 unspecified atom stereocenters. The number of nitro benzene ring substituents is 1. The van der Waals surface area contributed by atoms with Crippen LogP contribution in [0.2, 0.25) is 0 Å². The first kappa shape index (κ1) is 13.3. The first-order valence-corrected chi connectivity index (χ1v) is 6.62. The predicted octanol–water partition coefficient (Wildman–Crippen LogP) is 2.97. The van der Waals surface area contributed by atoms with Gasteiger partial charge in [0.1, 0.15) is 5.69 Å². The second-order valence-electron chi connectivity index (χ2n) is 4.33. The third-order valence-corrected chi connectivity index (χ3v) is 3.67. The number of hydrogen-bond acceptors (Lipinski definition) is 4. The summed E-state index contributed by atoms with van der Waals surface area (Å²) >= 11 is 3.27. The summed E-state index contributed by atoms with van der Waals surface area (Å²) in [6, 6.07) is 5.42. The summed E-state index contributed by atoms with van der Waals surface area (Å²) in [5.74, 6) is 0. The molecule has 1 aliphatic heterocycles. The molecule has 1 saturated heterocycles. The molecule has 98 valence electrons. The van der Waals surface area contributed by atoms with Gasteiger partial charge in [0.15, 0.2) is 0 Å². The van der Waals surface area contributed by atoms with E-state index in [0.29, 0.717) is 12.3 Å². The molecule has 0 amide bonds. The molecule has 18 heavy (non-hydrogen) atoms. The van der Waals surface area contributed by atoms with E-state index in [1.54, 1.807) is 19.2 Å². The highest BCUT2D eigenvalue weighted by molar-refractivity contribution is 9.10. The smallest absolute Gasteiger partial charge is 0.293 e. The summed E-state index contributed by atoms with van der Waals surface area (Å²) in [5.41, 5.74) is 0.829. The minimum absolute atomic E-state index is 0.146. The van der Waals surface area contributed by atoms with Crippen LogP contribution in [0.25, 0.3) is 0 Å². The van der Waals surface area contributed by atoms with Crippen molar-refractivity contribution in [1.29, 1.82) is 0 Å². The van der Waals surface area contributed by atoms with Crippen LogP contribution in [0.5, 0.6) is 0 Å². The summed E-state index contributed by atoms with van der Waals surface area (Å²) in [6.07, 6.45) is 2.06. The van der Waals surface area contributed by atoms with Crippen molar-refractivity contribution in [3.05, 3.63) is 32.8 Å². The number of benzene rings is 1. The maximum absolute atomic E-state index is 11.1. The second kappa shape index (κ2) is 5.67. The number of nitrogens with zero attached hydrogens (tertiary/aromatic N) is 2. The standard InChI is InChI=1S/C12H15BrN2O3/c1-18-8-10-3-2-6-14(10)11-5-4-9(13)7-12(11)15(16)17/h4-5,7,10H,2-3,6,8H2,1H3/t10-/m1/s1. The molecular formula is C12H15BrN2O3. The summed E-state index contributed by atoms with van der Waals surface area (Å²) < 4.78 is 5.90. The first-order valence-electron chi connectivity index (χ1n) is 5.83. The number of methoxy groups -OCH3 is 1. The van der Waals surface area contributed by atoms with Gasteiger partial charge in [0.2, 0.25) is 0 Å². The first-order chi connectivity index (χ1) is 8.63. The van der Waals surface area contributed by atoms with Crippen molar-refractivity contribution in [3.8, 4) is 0 Å². The SMILES string of the molecule is COC[C@H]1CCCN1c1ccc(Br)cc1[N+](=O)[O-]. The van der Waals surface area contributed by atoms with Crippen molar-refractivity contribution in [3.63, 3.8) is 0 Å². The van der Waals surface area contributed by atoms with Gasteiger partial charge in [-0.15, -0.1) is 0 Å². The van der Waals surface area contributed by atoms with Crippen molar-refractivity contribution in [1.82, 2.24) is 0 Å². The molecule has 0 bridgehead atoms. The number of ether oxygens (including phenoxy) is 1. The fourth-order valence-corrected chi connectivity index (χ4v) is 2.75. The van der Waals surface area contributed by atoms with Crippen LogP contribution in [-0.4, -0.2) is 31.2 Å². The van der Waals surface area contributed by atoms with Crippen LogP contribution in [0.1, 0.15) is 12.8 Å². The Morgan fingerprint density at radius 1 is 1.61 bits per heavy atom. The van der Waals surface area contributed by atoms with Gasteiger partial charge in [0.25, 0.3) is 5.69 Å². The second-order valence-corrected chi connectivity index (χ2v) is 5.25. The van der Waals surface area contributed by atoms with Crippen LogP contribution in [0, 0.1) is 10.1 Å². The number of hydrogen-bond donors (Lipinski definition) is 0. The minimum Gasteiger partial charge on any atom is -0.383 e. The van der Waals surface area contributed by atoms with Gasteiger partial charge in [-0.25, -0.2) is 0 Å². The largest absolute Gasteiger partial charge is 0.383 e. The molecule has 0 saturated carbocycles. The maximum atomic E-state index is 11.1. The molecule has 5 nitrogen and oxygen atoms in total. The number of nitro groups is 1. The molecule has 0 aliphatic carbocycles. The van der Waals surface area contributed by atoms with Crippen molar-refractivity contribution in [2.45, 2.75) is 18.9 Å². The zero-order valence-electron chi connectivity index (χ0n) is 10.1. The van der Waals surface area contributed by atoms with Crippen molar-refractivity contribution in [2.24, 2.45) is 0 Å². The number of anilines is 1. The Hall–Kier alpha value is -1.14.